The highest BCUT2D eigenvalue weighted by Gasteiger charge is 2.34. The number of sulfonamides is 1. The summed E-state index contributed by atoms with van der Waals surface area (Å²) in [5.41, 5.74) is 1.66. The summed E-state index contributed by atoms with van der Waals surface area (Å²) in [6.45, 7) is 6.53. The van der Waals surface area contributed by atoms with E-state index < -0.39 is 10.0 Å². The highest BCUT2D eigenvalue weighted by molar-refractivity contribution is 7.90. The quantitative estimate of drug-likeness (QED) is 0.712. The van der Waals surface area contributed by atoms with Gasteiger partial charge in [0.15, 0.2) is 11.0 Å². The van der Waals surface area contributed by atoms with Crippen LogP contribution in [0.15, 0.2) is 38.9 Å². The van der Waals surface area contributed by atoms with Crippen LogP contribution in [0.3, 0.4) is 0 Å². The zero-order valence-electron chi connectivity index (χ0n) is 18.7. The first kappa shape index (κ1) is 22.5. The van der Waals surface area contributed by atoms with E-state index in [9.17, 15) is 13.2 Å². The number of benzene rings is 1. The molecule has 0 aliphatic carbocycles. The Morgan fingerprint density at radius 3 is 2.76 bits per heavy atom. The van der Waals surface area contributed by atoms with Gasteiger partial charge >= 0.3 is 0 Å². The first-order valence-corrected chi connectivity index (χ1v) is 13.9. The van der Waals surface area contributed by atoms with Crippen molar-refractivity contribution in [3.05, 3.63) is 40.9 Å². The van der Waals surface area contributed by atoms with Crippen molar-refractivity contribution >= 4 is 38.2 Å². The number of thiazole rings is 1. The molecule has 0 spiro atoms. The number of hydrogen-bond donors (Lipinski definition) is 1. The van der Waals surface area contributed by atoms with Crippen molar-refractivity contribution in [3.63, 3.8) is 0 Å². The smallest absolute Gasteiger partial charge is 0.285 e. The molecule has 1 aromatic heterocycles. The summed E-state index contributed by atoms with van der Waals surface area (Å²) in [6, 6.07) is 6.92. The lowest BCUT2D eigenvalue weighted by molar-refractivity contribution is -0.120. The molecule has 2 saturated heterocycles. The van der Waals surface area contributed by atoms with Crippen LogP contribution in [-0.4, -0.2) is 61.1 Å². The van der Waals surface area contributed by atoms with E-state index in [2.05, 4.69) is 26.5 Å². The van der Waals surface area contributed by atoms with Crippen LogP contribution in [-0.2, 0) is 21.4 Å². The van der Waals surface area contributed by atoms with Crippen molar-refractivity contribution in [2.24, 2.45) is 16.2 Å². The molecule has 4 heterocycles. The first-order chi connectivity index (χ1) is 15.9. The van der Waals surface area contributed by atoms with Crippen molar-refractivity contribution in [1.82, 2.24) is 14.8 Å². The summed E-state index contributed by atoms with van der Waals surface area (Å²) in [6.07, 6.45) is 3.83. The van der Waals surface area contributed by atoms with Crippen LogP contribution in [0.4, 0.5) is 5.13 Å². The van der Waals surface area contributed by atoms with Gasteiger partial charge in [-0.05, 0) is 50.3 Å². The number of amidine groups is 1. The first-order valence-electron chi connectivity index (χ1n) is 11.6. The monoisotopic (exact) mass is 487 g/mol. The third-order valence-electron chi connectivity index (χ3n) is 6.69. The van der Waals surface area contributed by atoms with E-state index in [1.807, 2.05) is 16.3 Å². The van der Waals surface area contributed by atoms with Gasteiger partial charge in [-0.2, -0.15) is 8.42 Å². The maximum absolute atomic E-state index is 12.8. The van der Waals surface area contributed by atoms with E-state index in [1.54, 1.807) is 18.2 Å². The molecule has 0 unspecified atom stereocenters. The van der Waals surface area contributed by atoms with Gasteiger partial charge in [0.2, 0.25) is 5.91 Å². The number of amides is 1. The van der Waals surface area contributed by atoms with Gasteiger partial charge in [-0.3, -0.25) is 9.69 Å². The van der Waals surface area contributed by atoms with Crippen LogP contribution >= 0.6 is 11.3 Å². The zero-order valence-corrected chi connectivity index (χ0v) is 20.4. The van der Waals surface area contributed by atoms with Gasteiger partial charge < -0.3 is 10.2 Å². The number of likely N-dealkylation sites (tertiary alicyclic amines) is 2. The third kappa shape index (κ3) is 4.83. The molecule has 1 N–H and O–H groups in total. The summed E-state index contributed by atoms with van der Waals surface area (Å²) in [7, 11) is -3.63. The van der Waals surface area contributed by atoms with Crippen LogP contribution in [0.5, 0.6) is 0 Å². The number of carbonyl (C=O) groups is 1. The number of nitrogens with one attached hydrogen (secondary N) is 1. The van der Waals surface area contributed by atoms with E-state index >= 15 is 0 Å². The van der Waals surface area contributed by atoms with Gasteiger partial charge in [0, 0.05) is 43.0 Å². The molecule has 1 aromatic carbocycles. The Labute approximate surface area is 198 Å². The molecule has 8 nitrogen and oxygen atoms in total. The Morgan fingerprint density at radius 2 is 1.97 bits per heavy atom. The highest BCUT2D eigenvalue weighted by Crippen LogP contribution is 2.30. The summed E-state index contributed by atoms with van der Waals surface area (Å²) in [4.78, 5) is 22.2. The van der Waals surface area contributed by atoms with Crippen LogP contribution in [0, 0.1) is 11.8 Å². The summed E-state index contributed by atoms with van der Waals surface area (Å²) in [5, 5.41) is 5.69. The lowest BCUT2D eigenvalue weighted by Gasteiger charge is -2.32. The van der Waals surface area contributed by atoms with Crippen LogP contribution in [0.25, 0.3) is 0 Å². The largest absolute Gasteiger partial charge is 0.355 e. The topological polar surface area (TPSA) is 95.0 Å². The Bertz CT molecular complexity index is 1170. The van der Waals surface area contributed by atoms with Crippen molar-refractivity contribution < 1.29 is 13.2 Å². The fraction of sp³-hybridized carbons (Fsp3) is 0.522. The van der Waals surface area contributed by atoms with E-state index in [0.29, 0.717) is 42.5 Å². The number of fused-ring (bicyclic) bond motifs is 1. The van der Waals surface area contributed by atoms with Crippen LogP contribution < -0.4 is 5.32 Å². The van der Waals surface area contributed by atoms with Gasteiger partial charge in [0.25, 0.3) is 10.0 Å². The number of anilines is 1. The van der Waals surface area contributed by atoms with Gasteiger partial charge in [-0.15, -0.1) is 15.7 Å². The Kier molecular flexibility index (Phi) is 6.24. The number of carbonyl (C=O) groups excluding carboxylic acids is 1. The Hall–Kier alpha value is -2.30. The third-order valence-corrected chi connectivity index (χ3v) is 8.82. The molecule has 5 rings (SSSR count). The van der Waals surface area contributed by atoms with Crippen molar-refractivity contribution in [2.75, 3.05) is 31.5 Å². The SMILES string of the molecule is C[C@@H]1CCCN(Cc2csc(NC(=O)C3CCN(C4=NS(=O)(=O)c5ccccc54)CC3)n2)C1. The minimum absolute atomic E-state index is 0.0106. The fourth-order valence-electron chi connectivity index (χ4n) is 4.97. The number of piperidine rings is 2. The molecule has 0 saturated carbocycles. The lowest BCUT2D eigenvalue weighted by Crippen LogP contribution is -2.41. The van der Waals surface area contributed by atoms with E-state index in [0.717, 1.165) is 31.2 Å². The zero-order chi connectivity index (χ0) is 23.0. The fourth-order valence-corrected chi connectivity index (χ4v) is 6.91. The summed E-state index contributed by atoms with van der Waals surface area (Å²) < 4.78 is 28.7. The average Bonchev–Trinajstić information content (AvgIpc) is 3.35. The maximum atomic E-state index is 12.8. The van der Waals surface area contributed by atoms with Crippen molar-refractivity contribution in [1.29, 1.82) is 0 Å². The Balaban J connectivity index is 1.16. The average molecular weight is 488 g/mol. The van der Waals surface area contributed by atoms with Crippen molar-refractivity contribution in [3.8, 4) is 0 Å². The van der Waals surface area contributed by atoms with E-state index in [1.165, 1.54) is 24.2 Å². The number of aromatic nitrogens is 1. The molecule has 2 fully saturated rings. The number of rotatable bonds is 4. The molecule has 33 heavy (non-hydrogen) atoms. The predicted molar refractivity (Wildman–Crippen MR) is 129 cm³/mol. The summed E-state index contributed by atoms with van der Waals surface area (Å²) in [5.74, 6) is 1.10. The molecular formula is C23H29N5O3S2. The van der Waals surface area contributed by atoms with Gasteiger partial charge in [0.1, 0.15) is 4.90 Å². The van der Waals surface area contributed by atoms with Gasteiger partial charge in [-0.25, -0.2) is 4.98 Å². The Morgan fingerprint density at radius 1 is 1.18 bits per heavy atom. The van der Waals surface area contributed by atoms with Crippen LogP contribution in [0.2, 0.25) is 0 Å². The molecule has 10 heteroatoms. The molecule has 1 atom stereocenters. The van der Waals surface area contributed by atoms with E-state index in [4.69, 9.17) is 0 Å². The molecule has 3 aliphatic heterocycles. The minimum Gasteiger partial charge on any atom is -0.355 e. The van der Waals surface area contributed by atoms with Crippen LogP contribution in [0.1, 0.15) is 43.9 Å². The molecule has 3 aliphatic rings. The van der Waals surface area contributed by atoms with Gasteiger partial charge in [-0.1, -0.05) is 19.1 Å². The van der Waals surface area contributed by atoms with Gasteiger partial charge in [0.05, 0.1) is 5.69 Å². The van der Waals surface area contributed by atoms with Crippen molar-refractivity contribution in [2.45, 2.75) is 44.0 Å². The minimum atomic E-state index is -3.63. The van der Waals surface area contributed by atoms with E-state index in [-0.39, 0.29) is 16.7 Å². The lowest BCUT2D eigenvalue weighted by atomic mass is 9.95. The molecule has 176 valence electrons. The second-order valence-electron chi connectivity index (χ2n) is 9.26. The summed E-state index contributed by atoms with van der Waals surface area (Å²) >= 11 is 1.48. The molecule has 0 radical (unpaired) electrons. The molecule has 0 bridgehead atoms. The maximum Gasteiger partial charge on any atom is 0.285 e. The second kappa shape index (κ2) is 9.15. The highest BCUT2D eigenvalue weighted by atomic mass is 32.2. The number of nitrogens with zero attached hydrogens (tertiary/aromatic N) is 4. The molecule has 1 amide bonds. The molecular weight excluding hydrogens is 458 g/mol. The number of hydrogen-bond acceptors (Lipinski definition) is 7. The normalized spacial score (nSPS) is 23.2. The second-order valence-corrected chi connectivity index (χ2v) is 11.7. The predicted octanol–water partition coefficient (Wildman–Crippen LogP) is 3.17. The standard InChI is InChI=1S/C23H29N5O3S2/c1-16-5-4-10-27(13-16)14-18-15-32-23(24-18)25-22(29)17-8-11-28(12-9-17)21-19-6-2-3-7-20(19)33(30,31)26-21/h2-3,6-7,15-17H,4-5,8-14H2,1H3,(H,24,25,29)/t16-/m1/s1. The molecule has 2 aromatic rings.